The van der Waals surface area contributed by atoms with Crippen molar-refractivity contribution in [2.45, 2.75) is 0 Å². The van der Waals surface area contributed by atoms with Gasteiger partial charge < -0.3 is 5.73 Å². The van der Waals surface area contributed by atoms with E-state index >= 15 is 0 Å². The molecule has 0 bridgehead atoms. The van der Waals surface area contributed by atoms with Crippen molar-refractivity contribution in [2.75, 3.05) is 11.1 Å². The van der Waals surface area contributed by atoms with Gasteiger partial charge in [0.1, 0.15) is 0 Å². The third-order valence-electron chi connectivity index (χ3n) is 1.29. The molecule has 3 N–H and O–H groups in total. The number of hydrogen-bond donors (Lipinski definition) is 2. The van der Waals surface area contributed by atoms with Crippen LogP contribution in [0, 0.1) is 0 Å². The number of amides is 1. The highest BCUT2D eigenvalue weighted by Crippen LogP contribution is 2.15. The zero-order valence-corrected chi connectivity index (χ0v) is 8.43. The molecule has 0 saturated heterocycles. The lowest BCUT2D eigenvalue weighted by Gasteiger charge is -1.94. The van der Waals surface area contributed by atoms with Crippen LogP contribution in [0.15, 0.2) is 11.6 Å². The van der Waals surface area contributed by atoms with Crippen LogP contribution >= 0.6 is 22.7 Å². The molecular formula is C6H5N5OS2. The fourth-order valence-corrected chi connectivity index (χ4v) is 1.79. The first-order valence-electron chi connectivity index (χ1n) is 3.55. The van der Waals surface area contributed by atoms with Gasteiger partial charge in [0, 0.05) is 11.6 Å². The summed E-state index contributed by atoms with van der Waals surface area (Å²) < 4.78 is 0. The van der Waals surface area contributed by atoms with Crippen molar-refractivity contribution < 1.29 is 4.79 Å². The second-order valence-electron chi connectivity index (χ2n) is 2.24. The van der Waals surface area contributed by atoms with Gasteiger partial charge in [0.05, 0.1) is 0 Å². The molecule has 1 amide bonds. The second kappa shape index (κ2) is 3.68. The average Bonchev–Trinajstić information content (AvgIpc) is 2.75. The molecule has 6 nitrogen and oxygen atoms in total. The van der Waals surface area contributed by atoms with Crippen molar-refractivity contribution in [1.29, 1.82) is 0 Å². The van der Waals surface area contributed by atoms with Gasteiger partial charge in [0.2, 0.25) is 10.1 Å². The molecule has 2 aromatic heterocycles. The third kappa shape index (κ3) is 1.86. The molecule has 0 radical (unpaired) electrons. The van der Waals surface area contributed by atoms with Gasteiger partial charge in [0.15, 0.2) is 5.13 Å². The summed E-state index contributed by atoms with van der Waals surface area (Å²) in [5, 5.41) is 12.5. The average molecular weight is 227 g/mol. The molecule has 0 aromatic carbocycles. The maximum absolute atomic E-state index is 11.4. The number of rotatable bonds is 2. The number of thiazole rings is 1. The van der Waals surface area contributed by atoms with Crippen LogP contribution in [0.4, 0.5) is 10.3 Å². The molecule has 0 saturated carbocycles. The minimum absolute atomic E-state index is 0.234. The Morgan fingerprint density at radius 1 is 1.50 bits per heavy atom. The second-order valence-corrected chi connectivity index (χ2v) is 4.14. The molecule has 0 spiro atoms. The van der Waals surface area contributed by atoms with Crippen LogP contribution in [-0.4, -0.2) is 21.1 Å². The van der Waals surface area contributed by atoms with Gasteiger partial charge in [-0.15, -0.1) is 21.5 Å². The predicted molar refractivity (Wildman–Crippen MR) is 54.4 cm³/mol. The molecule has 0 aliphatic heterocycles. The number of nitrogens with zero attached hydrogens (tertiary/aromatic N) is 3. The van der Waals surface area contributed by atoms with Gasteiger partial charge in [-0.3, -0.25) is 10.1 Å². The van der Waals surface area contributed by atoms with E-state index in [-0.39, 0.29) is 16.0 Å². The number of nitrogens with one attached hydrogen (secondary N) is 1. The fraction of sp³-hybridized carbons (Fsp3) is 0. The Bertz CT molecular complexity index is 437. The monoisotopic (exact) mass is 227 g/mol. The Hall–Kier alpha value is -1.54. The molecule has 72 valence electrons. The smallest absolute Gasteiger partial charge is 0.288 e. The van der Waals surface area contributed by atoms with Crippen LogP contribution < -0.4 is 11.1 Å². The predicted octanol–water partition coefficient (Wildman–Crippen LogP) is 0.829. The lowest BCUT2D eigenvalue weighted by atomic mass is 10.6. The summed E-state index contributed by atoms with van der Waals surface area (Å²) in [6.07, 6.45) is 1.61. The van der Waals surface area contributed by atoms with Crippen LogP contribution in [-0.2, 0) is 0 Å². The van der Waals surface area contributed by atoms with Gasteiger partial charge in [-0.1, -0.05) is 11.3 Å². The van der Waals surface area contributed by atoms with E-state index in [0.29, 0.717) is 5.13 Å². The quantitative estimate of drug-likeness (QED) is 0.792. The molecule has 2 aromatic rings. The molecule has 2 heterocycles. The largest absolute Gasteiger partial charge is 0.374 e. The fourth-order valence-electron chi connectivity index (χ4n) is 0.762. The summed E-state index contributed by atoms with van der Waals surface area (Å²) in [5.74, 6) is -0.339. The van der Waals surface area contributed by atoms with Crippen molar-refractivity contribution in [3.8, 4) is 0 Å². The number of nitrogens with two attached hydrogens (primary N) is 1. The first kappa shape index (κ1) is 9.03. The van der Waals surface area contributed by atoms with Crippen LogP contribution in [0.2, 0.25) is 0 Å². The van der Waals surface area contributed by atoms with Crippen LogP contribution in [0.1, 0.15) is 9.80 Å². The van der Waals surface area contributed by atoms with Crippen molar-refractivity contribution in [3.05, 3.63) is 16.6 Å². The molecule has 0 fully saturated rings. The highest BCUT2D eigenvalue weighted by atomic mass is 32.1. The molecule has 0 atom stereocenters. The zero-order chi connectivity index (χ0) is 9.97. The Kier molecular flexibility index (Phi) is 2.37. The van der Waals surface area contributed by atoms with Gasteiger partial charge in [0.25, 0.3) is 5.91 Å². The standard InChI is InChI=1S/C6H5N5OS2/c7-5-11-10-4(14-5)3(12)9-6-8-1-2-13-6/h1-2H,(H2,7,11)(H,8,9,12). The van der Waals surface area contributed by atoms with E-state index in [1.807, 2.05) is 0 Å². The van der Waals surface area contributed by atoms with E-state index in [4.69, 9.17) is 5.73 Å². The Balaban J connectivity index is 2.10. The molecule has 0 aliphatic carbocycles. The first-order chi connectivity index (χ1) is 6.75. The molecule has 0 unspecified atom stereocenters. The topological polar surface area (TPSA) is 93.8 Å². The van der Waals surface area contributed by atoms with Crippen molar-refractivity contribution in [2.24, 2.45) is 0 Å². The van der Waals surface area contributed by atoms with Crippen molar-refractivity contribution in [1.82, 2.24) is 15.2 Å². The van der Waals surface area contributed by atoms with E-state index in [1.165, 1.54) is 11.3 Å². The van der Waals surface area contributed by atoms with Gasteiger partial charge >= 0.3 is 0 Å². The molecule has 8 heteroatoms. The minimum atomic E-state index is -0.339. The Labute approximate surface area is 86.8 Å². The van der Waals surface area contributed by atoms with E-state index in [0.717, 1.165) is 11.3 Å². The lowest BCUT2D eigenvalue weighted by molar-refractivity contribution is 0.102. The number of nitrogen functional groups attached to an aromatic ring is 1. The SMILES string of the molecule is Nc1nnc(C(=O)Nc2nccs2)s1. The van der Waals surface area contributed by atoms with E-state index in [1.54, 1.807) is 11.6 Å². The van der Waals surface area contributed by atoms with Crippen LogP contribution in [0.5, 0.6) is 0 Å². The summed E-state index contributed by atoms with van der Waals surface area (Å²) >= 11 is 2.37. The zero-order valence-electron chi connectivity index (χ0n) is 6.80. The van der Waals surface area contributed by atoms with Crippen molar-refractivity contribution >= 4 is 38.8 Å². The maximum atomic E-state index is 11.4. The van der Waals surface area contributed by atoms with Gasteiger partial charge in [-0.25, -0.2) is 4.98 Å². The number of anilines is 2. The third-order valence-corrected chi connectivity index (χ3v) is 2.73. The van der Waals surface area contributed by atoms with Gasteiger partial charge in [-0.2, -0.15) is 0 Å². The number of aromatic nitrogens is 3. The highest BCUT2D eigenvalue weighted by Gasteiger charge is 2.12. The lowest BCUT2D eigenvalue weighted by Crippen LogP contribution is -2.11. The van der Waals surface area contributed by atoms with E-state index < -0.39 is 0 Å². The number of hydrogen-bond acceptors (Lipinski definition) is 7. The highest BCUT2D eigenvalue weighted by molar-refractivity contribution is 7.17. The minimum Gasteiger partial charge on any atom is -0.374 e. The summed E-state index contributed by atoms with van der Waals surface area (Å²) in [6.45, 7) is 0. The summed E-state index contributed by atoms with van der Waals surface area (Å²) in [4.78, 5) is 15.3. The van der Waals surface area contributed by atoms with Crippen molar-refractivity contribution in [3.63, 3.8) is 0 Å². The molecule has 14 heavy (non-hydrogen) atoms. The van der Waals surface area contributed by atoms with Crippen LogP contribution in [0.25, 0.3) is 0 Å². The summed E-state index contributed by atoms with van der Waals surface area (Å²) in [5.41, 5.74) is 5.34. The number of carbonyl (C=O) groups excluding carboxylic acids is 1. The molecular weight excluding hydrogens is 222 g/mol. The Morgan fingerprint density at radius 3 is 2.93 bits per heavy atom. The summed E-state index contributed by atoms with van der Waals surface area (Å²) in [7, 11) is 0. The number of carbonyl (C=O) groups is 1. The van der Waals surface area contributed by atoms with Gasteiger partial charge in [-0.05, 0) is 0 Å². The molecule has 0 aliphatic rings. The maximum Gasteiger partial charge on any atom is 0.288 e. The normalized spacial score (nSPS) is 10.0. The Morgan fingerprint density at radius 2 is 2.36 bits per heavy atom. The van der Waals surface area contributed by atoms with E-state index in [2.05, 4.69) is 20.5 Å². The first-order valence-corrected chi connectivity index (χ1v) is 5.25. The molecule has 2 rings (SSSR count). The van der Waals surface area contributed by atoms with Crippen LogP contribution in [0.3, 0.4) is 0 Å². The summed E-state index contributed by atoms with van der Waals surface area (Å²) in [6, 6.07) is 0. The van der Waals surface area contributed by atoms with E-state index in [9.17, 15) is 4.79 Å².